The third-order valence-corrected chi connectivity index (χ3v) is 4.23. The lowest BCUT2D eigenvalue weighted by molar-refractivity contribution is 0.160. The fourth-order valence-electron chi connectivity index (χ4n) is 2.71. The molecule has 1 saturated carbocycles. The number of hydrogen-bond donors (Lipinski definition) is 0. The van der Waals surface area contributed by atoms with Gasteiger partial charge in [0, 0.05) is 17.0 Å². The molecule has 1 aliphatic carbocycles. The summed E-state index contributed by atoms with van der Waals surface area (Å²) >= 11 is 6.08. The minimum atomic E-state index is 0.489. The van der Waals surface area contributed by atoms with E-state index in [1.807, 2.05) is 35.9 Å². The van der Waals surface area contributed by atoms with Gasteiger partial charge in [0.15, 0.2) is 0 Å². The summed E-state index contributed by atoms with van der Waals surface area (Å²) in [7, 11) is 4.27. The van der Waals surface area contributed by atoms with Crippen molar-refractivity contribution in [3.63, 3.8) is 0 Å². The molecule has 2 aromatic rings. The highest BCUT2D eigenvalue weighted by Gasteiger charge is 2.35. The maximum absolute atomic E-state index is 6.08. The van der Waals surface area contributed by atoms with E-state index in [1.165, 1.54) is 0 Å². The quantitative estimate of drug-likeness (QED) is 0.871. The Labute approximate surface area is 124 Å². The van der Waals surface area contributed by atoms with E-state index in [0.717, 1.165) is 35.2 Å². The first-order valence-electron chi connectivity index (χ1n) is 6.90. The SMILES string of the molecule is Cc1nc(C2CC(N(C)C)C2)n(-c2cccc(Cl)c2)n1. The number of benzene rings is 1. The van der Waals surface area contributed by atoms with Crippen LogP contribution >= 0.6 is 11.6 Å². The molecule has 0 radical (unpaired) electrons. The second kappa shape index (κ2) is 5.19. The van der Waals surface area contributed by atoms with Crippen LogP contribution in [0.2, 0.25) is 5.02 Å². The van der Waals surface area contributed by atoms with E-state index in [4.69, 9.17) is 11.6 Å². The summed E-state index contributed by atoms with van der Waals surface area (Å²) in [5, 5.41) is 5.25. The van der Waals surface area contributed by atoms with Gasteiger partial charge in [0.1, 0.15) is 11.6 Å². The van der Waals surface area contributed by atoms with E-state index in [2.05, 4.69) is 29.1 Å². The lowest BCUT2D eigenvalue weighted by atomic mass is 9.79. The van der Waals surface area contributed by atoms with E-state index in [9.17, 15) is 0 Å². The number of halogens is 1. The smallest absolute Gasteiger partial charge is 0.148 e. The molecule has 1 aliphatic rings. The van der Waals surface area contributed by atoms with Crippen LogP contribution in [-0.4, -0.2) is 39.8 Å². The van der Waals surface area contributed by atoms with Crippen molar-refractivity contribution in [3.8, 4) is 5.69 Å². The standard InChI is InChI=1S/C15H19ClN4/c1-10-17-15(11-7-14(8-11)19(2)3)20(18-10)13-6-4-5-12(16)9-13/h4-6,9,11,14H,7-8H2,1-3H3. The van der Waals surface area contributed by atoms with E-state index in [-0.39, 0.29) is 0 Å². The predicted molar refractivity (Wildman–Crippen MR) is 80.6 cm³/mol. The van der Waals surface area contributed by atoms with Crippen LogP contribution < -0.4 is 0 Å². The lowest BCUT2D eigenvalue weighted by Crippen LogP contribution is -2.40. The van der Waals surface area contributed by atoms with E-state index < -0.39 is 0 Å². The normalized spacial score (nSPS) is 22.1. The van der Waals surface area contributed by atoms with Gasteiger partial charge in [-0.2, -0.15) is 5.10 Å². The molecular formula is C15H19ClN4. The lowest BCUT2D eigenvalue weighted by Gasteiger charge is -2.39. The van der Waals surface area contributed by atoms with Crippen LogP contribution in [0.4, 0.5) is 0 Å². The molecule has 0 saturated heterocycles. The Morgan fingerprint density at radius 1 is 1.30 bits per heavy atom. The number of aromatic nitrogens is 3. The molecule has 0 amide bonds. The molecule has 0 spiro atoms. The number of aryl methyl sites for hydroxylation is 1. The molecule has 0 N–H and O–H groups in total. The first kappa shape index (κ1) is 13.6. The monoisotopic (exact) mass is 290 g/mol. The molecule has 0 aliphatic heterocycles. The van der Waals surface area contributed by atoms with Gasteiger partial charge in [0.25, 0.3) is 0 Å². The van der Waals surface area contributed by atoms with Gasteiger partial charge in [-0.25, -0.2) is 9.67 Å². The van der Waals surface area contributed by atoms with E-state index >= 15 is 0 Å². The zero-order valence-electron chi connectivity index (χ0n) is 12.0. The summed E-state index contributed by atoms with van der Waals surface area (Å²) in [5.74, 6) is 2.36. The van der Waals surface area contributed by atoms with Crippen LogP contribution in [0, 0.1) is 6.92 Å². The first-order valence-corrected chi connectivity index (χ1v) is 7.28. The fourth-order valence-corrected chi connectivity index (χ4v) is 2.90. The Bertz CT molecular complexity index is 614. The highest BCUT2D eigenvalue weighted by Crippen LogP contribution is 2.38. The molecule has 0 atom stereocenters. The highest BCUT2D eigenvalue weighted by molar-refractivity contribution is 6.30. The van der Waals surface area contributed by atoms with Crippen molar-refractivity contribution >= 4 is 11.6 Å². The topological polar surface area (TPSA) is 34.0 Å². The van der Waals surface area contributed by atoms with Crippen molar-refractivity contribution in [2.45, 2.75) is 31.7 Å². The first-order chi connectivity index (χ1) is 9.54. The van der Waals surface area contributed by atoms with Gasteiger partial charge in [0.05, 0.1) is 5.69 Å². The van der Waals surface area contributed by atoms with Crippen molar-refractivity contribution in [1.29, 1.82) is 0 Å². The summed E-state index contributed by atoms with van der Waals surface area (Å²) in [6.45, 7) is 1.94. The van der Waals surface area contributed by atoms with Crippen molar-refractivity contribution in [2.75, 3.05) is 14.1 Å². The Morgan fingerprint density at radius 3 is 2.70 bits per heavy atom. The number of hydrogen-bond acceptors (Lipinski definition) is 3. The maximum atomic E-state index is 6.08. The van der Waals surface area contributed by atoms with Gasteiger partial charge in [-0.3, -0.25) is 0 Å². The van der Waals surface area contributed by atoms with E-state index in [0.29, 0.717) is 12.0 Å². The van der Waals surface area contributed by atoms with Gasteiger partial charge < -0.3 is 4.90 Å². The van der Waals surface area contributed by atoms with Crippen LogP contribution in [0.25, 0.3) is 5.69 Å². The van der Waals surface area contributed by atoms with Crippen LogP contribution in [0.5, 0.6) is 0 Å². The minimum Gasteiger partial charge on any atom is -0.306 e. The minimum absolute atomic E-state index is 0.489. The predicted octanol–water partition coefficient (Wildman–Crippen LogP) is 3.04. The second-order valence-electron chi connectivity index (χ2n) is 5.69. The molecule has 0 unspecified atom stereocenters. The van der Waals surface area contributed by atoms with Crippen LogP contribution in [0.1, 0.15) is 30.4 Å². The molecule has 1 fully saturated rings. The van der Waals surface area contributed by atoms with E-state index in [1.54, 1.807) is 0 Å². The molecule has 1 aromatic heterocycles. The fraction of sp³-hybridized carbons (Fsp3) is 0.467. The van der Waals surface area contributed by atoms with Crippen LogP contribution in [0.15, 0.2) is 24.3 Å². The van der Waals surface area contributed by atoms with Gasteiger partial charge in [0.2, 0.25) is 0 Å². The van der Waals surface area contributed by atoms with Gasteiger partial charge in [-0.05, 0) is 52.1 Å². The molecule has 4 nitrogen and oxygen atoms in total. The number of nitrogens with zero attached hydrogens (tertiary/aromatic N) is 4. The Balaban J connectivity index is 1.90. The summed E-state index contributed by atoms with van der Waals surface area (Å²) in [6, 6.07) is 8.43. The number of rotatable bonds is 3. The summed E-state index contributed by atoms with van der Waals surface area (Å²) in [6.07, 6.45) is 2.29. The molecule has 5 heteroatoms. The summed E-state index contributed by atoms with van der Waals surface area (Å²) < 4.78 is 1.94. The molecular weight excluding hydrogens is 272 g/mol. The molecule has 0 bridgehead atoms. The second-order valence-corrected chi connectivity index (χ2v) is 6.13. The molecule has 106 valence electrons. The Morgan fingerprint density at radius 2 is 2.05 bits per heavy atom. The summed E-state index contributed by atoms with van der Waals surface area (Å²) in [5.41, 5.74) is 0.987. The molecule has 3 rings (SSSR count). The maximum Gasteiger partial charge on any atom is 0.148 e. The van der Waals surface area contributed by atoms with Gasteiger partial charge in [-0.1, -0.05) is 17.7 Å². The third kappa shape index (κ3) is 2.45. The average Bonchev–Trinajstić information content (AvgIpc) is 2.68. The third-order valence-electron chi connectivity index (χ3n) is 4.00. The highest BCUT2D eigenvalue weighted by atomic mass is 35.5. The van der Waals surface area contributed by atoms with Crippen molar-refractivity contribution in [2.24, 2.45) is 0 Å². The zero-order chi connectivity index (χ0) is 14.3. The Hall–Kier alpha value is -1.39. The molecule has 1 aromatic carbocycles. The molecule has 20 heavy (non-hydrogen) atoms. The molecule has 1 heterocycles. The zero-order valence-corrected chi connectivity index (χ0v) is 12.8. The largest absolute Gasteiger partial charge is 0.306 e. The van der Waals surface area contributed by atoms with Crippen LogP contribution in [0.3, 0.4) is 0 Å². The summed E-state index contributed by atoms with van der Waals surface area (Å²) in [4.78, 5) is 6.90. The van der Waals surface area contributed by atoms with Gasteiger partial charge >= 0.3 is 0 Å². The van der Waals surface area contributed by atoms with Crippen molar-refractivity contribution < 1.29 is 0 Å². The van der Waals surface area contributed by atoms with Crippen molar-refractivity contribution in [1.82, 2.24) is 19.7 Å². The van der Waals surface area contributed by atoms with Gasteiger partial charge in [-0.15, -0.1) is 0 Å². The van der Waals surface area contributed by atoms with Crippen molar-refractivity contribution in [3.05, 3.63) is 40.9 Å². The Kier molecular flexibility index (Phi) is 3.52. The average molecular weight is 291 g/mol. The van der Waals surface area contributed by atoms with Crippen LogP contribution in [-0.2, 0) is 0 Å².